The van der Waals surface area contributed by atoms with Gasteiger partial charge in [0.25, 0.3) is 0 Å². The van der Waals surface area contributed by atoms with Crippen molar-refractivity contribution in [3.05, 3.63) is 0 Å². The van der Waals surface area contributed by atoms with Crippen molar-refractivity contribution < 1.29 is 24.9 Å². The molecule has 0 fully saturated rings. The largest absolute Gasteiger partial charge is 0.406 e. The first-order chi connectivity index (χ1) is 12.4. The molecule has 26 heavy (non-hydrogen) atoms. The molecule has 0 radical (unpaired) electrons. The average Bonchev–Trinajstić information content (AvgIpc) is 2.61. The van der Waals surface area contributed by atoms with E-state index in [0.717, 1.165) is 19.3 Å². The van der Waals surface area contributed by atoms with Crippen molar-refractivity contribution in [3.8, 4) is 0 Å². The lowest BCUT2D eigenvalue weighted by Crippen LogP contribution is -2.38. The molecule has 1 atom stereocenters. The second-order valence-corrected chi connectivity index (χ2v) is 7.42. The van der Waals surface area contributed by atoms with Gasteiger partial charge in [0.2, 0.25) is 0 Å². The van der Waals surface area contributed by atoms with E-state index in [1.54, 1.807) is 0 Å². The minimum absolute atomic E-state index is 0.135. The molecule has 0 aromatic heterocycles. The molecule has 5 heteroatoms. The van der Waals surface area contributed by atoms with Crippen LogP contribution in [0.2, 0.25) is 0 Å². The zero-order valence-electron chi connectivity index (χ0n) is 17.0. The van der Waals surface area contributed by atoms with Gasteiger partial charge in [-0.3, -0.25) is 0 Å². The van der Waals surface area contributed by atoms with Gasteiger partial charge in [-0.15, -0.1) is 0 Å². The standard InChI is InChI=1S/C21H42O5/c1-3-5-6-7-8-9-10-11-12-13-14-15-16-17-18-19(22)20(23)26-21(24,25)4-2/h19,22,24-25H,3-18H2,1-2H3. The number of ether oxygens (including phenoxy) is 1. The summed E-state index contributed by atoms with van der Waals surface area (Å²) < 4.78 is 4.44. The maximum absolute atomic E-state index is 11.5. The van der Waals surface area contributed by atoms with Crippen LogP contribution in [0.25, 0.3) is 0 Å². The molecular weight excluding hydrogens is 332 g/mol. The maximum atomic E-state index is 11.5. The van der Waals surface area contributed by atoms with E-state index in [1.165, 1.54) is 77.6 Å². The molecule has 1 unspecified atom stereocenters. The molecule has 0 amide bonds. The summed E-state index contributed by atoms with van der Waals surface area (Å²) in [6, 6.07) is 0. The molecule has 0 saturated heterocycles. The van der Waals surface area contributed by atoms with Gasteiger partial charge in [0.15, 0.2) is 6.10 Å². The van der Waals surface area contributed by atoms with Gasteiger partial charge in [0, 0.05) is 6.42 Å². The number of unbranched alkanes of at least 4 members (excludes halogenated alkanes) is 13. The predicted octanol–water partition coefficient (Wildman–Crippen LogP) is 4.81. The number of aliphatic hydroxyl groups is 3. The summed E-state index contributed by atoms with van der Waals surface area (Å²) in [5.74, 6) is -3.44. The summed E-state index contributed by atoms with van der Waals surface area (Å²) in [6.07, 6.45) is 16.4. The number of carbonyl (C=O) groups is 1. The fourth-order valence-corrected chi connectivity index (χ4v) is 2.95. The van der Waals surface area contributed by atoms with Gasteiger partial charge in [-0.2, -0.15) is 0 Å². The van der Waals surface area contributed by atoms with E-state index in [9.17, 15) is 20.1 Å². The van der Waals surface area contributed by atoms with Crippen LogP contribution in [0.1, 0.15) is 117 Å². The lowest BCUT2D eigenvalue weighted by molar-refractivity contribution is -0.322. The number of aliphatic hydroxyl groups excluding tert-OH is 1. The van der Waals surface area contributed by atoms with E-state index in [1.807, 2.05) is 0 Å². The van der Waals surface area contributed by atoms with Crippen LogP contribution in [0.15, 0.2) is 0 Å². The Bertz CT molecular complexity index is 330. The molecular formula is C21H42O5. The van der Waals surface area contributed by atoms with Crippen LogP contribution in [0.3, 0.4) is 0 Å². The van der Waals surface area contributed by atoms with E-state index in [-0.39, 0.29) is 6.42 Å². The summed E-state index contributed by atoms with van der Waals surface area (Å²) in [5.41, 5.74) is 0. The monoisotopic (exact) mass is 374 g/mol. The van der Waals surface area contributed by atoms with Crippen LogP contribution in [0.4, 0.5) is 0 Å². The molecule has 0 aromatic carbocycles. The van der Waals surface area contributed by atoms with E-state index in [0.29, 0.717) is 6.42 Å². The van der Waals surface area contributed by atoms with Crippen molar-refractivity contribution in [1.29, 1.82) is 0 Å². The molecule has 0 aliphatic carbocycles. The van der Waals surface area contributed by atoms with Crippen LogP contribution < -0.4 is 0 Å². The predicted molar refractivity (Wildman–Crippen MR) is 104 cm³/mol. The fraction of sp³-hybridized carbons (Fsp3) is 0.952. The number of rotatable bonds is 18. The first kappa shape index (κ1) is 25.4. The van der Waals surface area contributed by atoms with Crippen LogP contribution in [-0.2, 0) is 9.53 Å². The lowest BCUT2D eigenvalue weighted by Gasteiger charge is -2.21. The molecule has 0 heterocycles. The van der Waals surface area contributed by atoms with Gasteiger partial charge in [0.1, 0.15) is 0 Å². The van der Waals surface area contributed by atoms with E-state index in [2.05, 4.69) is 11.7 Å². The van der Waals surface area contributed by atoms with Gasteiger partial charge >= 0.3 is 11.9 Å². The van der Waals surface area contributed by atoms with E-state index < -0.39 is 18.0 Å². The lowest BCUT2D eigenvalue weighted by atomic mass is 10.0. The normalized spacial score (nSPS) is 13.0. The number of esters is 1. The van der Waals surface area contributed by atoms with Gasteiger partial charge in [-0.25, -0.2) is 4.79 Å². The highest BCUT2D eigenvalue weighted by Gasteiger charge is 2.29. The Hall–Kier alpha value is -0.650. The number of hydrogen-bond donors (Lipinski definition) is 3. The molecule has 3 N–H and O–H groups in total. The quantitative estimate of drug-likeness (QED) is 0.182. The van der Waals surface area contributed by atoms with E-state index in [4.69, 9.17) is 0 Å². The highest BCUT2D eigenvalue weighted by molar-refractivity contribution is 5.74. The van der Waals surface area contributed by atoms with Gasteiger partial charge in [-0.1, -0.05) is 104 Å². The summed E-state index contributed by atoms with van der Waals surface area (Å²) in [5, 5.41) is 28.1. The van der Waals surface area contributed by atoms with Crippen molar-refractivity contribution in [1.82, 2.24) is 0 Å². The van der Waals surface area contributed by atoms with Crippen molar-refractivity contribution >= 4 is 5.97 Å². The third-order valence-corrected chi connectivity index (χ3v) is 4.83. The summed E-state index contributed by atoms with van der Waals surface area (Å²) in [7, 11) is 0. The first-order valence-corrected chi connectivity index (χ1v) is 10.8. The Balaban J connectivity index is 3.36. The third kappa shape index (κ3) is 15.6. The molecule has 0 rings (SSSR count). The van der Waals surface area contributed by atoms with Crippen molar-refractivity contribution in [2.24, 2.45) is 0 Å². The van der Waals surface area contributed by atoms with Crippen LogP contribution in [-0.4, -0.2) is 33.4 Å². The highest BCUT2D eigenvalue weighted by atomic mass is 16.8. The average molecular weight is 375 g/mol. The van der Waals surface area contributed by atoms with E-state index >= 15 is 0 Å². The molecule has 0 saturated carbocycles. The molecule has 156 valence electrons. The zero-order chi connectivity index (χ0) is 19.7. The van der Waals surface area contributed by atoms with Crippen molar-refractivity contribution in [2.75, 3.05) is 0 Å². The van der Waals surface area contributed by atoms with Gasteiger partial charge < -0.3 is 20.1 Å². The summed E-state index contributed by atoms with van der Waals surface area (Å²) in [6.45, 7) is 3.73. The van der Waals surface area contributed by atoms with Crippen LogP contribution in [0.5, 0.6) is 0 Å². The second-order valence-electron chi connectivity index (χ2n) is 7.42. The van der Waals surface area contributed by atoms with Gasteiger partial charge in [0.05, 0.1) is 0 Å². The maximum Gasteiger partial charge on any atom is 0.339 e. The smallest absolute Gasteiger partial charge is 0.339 e. The Morgan fingerprint density at radius 3 is 1.54 bits per heavy atom. The fourth-order valence-electron chi connectivity index (χ4n) is 2.95. The SMILES string of the molecule is CCCCCCCCCCCCCCCCC(O)C(=O)OC(O)(O)CC. The number of hydrogen-bond acceptors (Lipinski definition) is 5. The molecule has 0 aromatic rings. The Morgan fingerprint density at radius 2 is 1.15 bits per heavy atom. The van der Waals surface area contributed by atoms with Crippen molar-refractivity contribution in [2.45, 2.75) is 129 Å². The van der Waals surface area contributed by atoms with Crippen molar-refractivity contribution in [3.63, 3.8) is 0 Å². The summed E-state index contributed by atoms with van der Waals surface area (Å²) >= 11 is 0. The minimum Gasteiger partial charge on any atom is -0.406 e. The van der Waals surface area contributed by atoms with Gasteiger partial charge in [-0.05, 0) is 6.42 Å². The highest BCUT2D eigenvalue weighted by Crippen LogP contribution is 2.15. The number of carbonyl (C=O) groups excluding carboxylic acids is 1. The molecule has 0 bridgehead atoms. The minimum atomic E-state index is -2.48. The van der Waals surface area contributed by atoms with Crippen LogP contribution in [0, 0.1) is 0 Å². The Kier molecular flexibility index (Phi) is 16.1. The molecule has 0 spiro atoms. The zero-order valence-corrected chi connectivity index (χ0v) is 17.0. The second kappa shape index (κ2) is 16.5. The Morgan fingerprint density at radius 1 is 0.769 bits per heavy atom. The third-order valence-electron chi connectivity index (χ3n) is 4.83. The molecule has 0 aliphatic rings. The van der Waals surface area contributed by atoms with Crippen LogP contribution >= 0.6 is 0 Å². The first-order valence-electron chi connectivity index (χ1n) is 10.8. The topological polar surface area (TPSA) is 87.0 Å². The molecule has 5 nitrogen and oxygen atoms in total. The summed E-state index contributed by atoms with van der Waals surface area (Å²) in [4.78, 5) is 11.5. The molecule has 0 aliphatic heterocycles. The Labute approximate surface area is 160 Å².